The number of benzene rings is 2. The van der Waals surface area contributed by atoms with Gasteiger partial charge in [0.15, 0.2) is 5.25 Å². The highest BCUT2D eigenvalue weighted by Gasteiger charge is 2.50. The molecule has 3 heterocycles. The van der Waals surface area contributed by atoms with Crippen LogP contribution in [0.4, 0.5) is 9.18 Å². The highest BCUT2D eigenvalue weighted by atomic mass is 32.2. The molecule has 2 unspecified atom stereocenters. The van der Waals surface area contributed by atoms with Crippen molar-refractivity contribution in [2.45, 2.75) is 62.7 Å². The molecular formula is C28H33FN2O5S. The van der Waals surface area contributed by atoms with Gasteiger partial charge in [-0.1, -0.05) is 36.4 Å². The van der Waals surface area contributed by atoms with Gasteiger partial charge in [-0.05, 0) is 67.2 Å². The van der Waals surface area contributed by atoms with Gasteiger partial charge in [-0.15, -0.1) is 0 Å². The molecule has 2 aromatic rings. The number of nitrogens with zero attached hydrogens (tertiary/aromatic N) is 2. The van der Waals surface area contributed by atoms with Crippen LogP contribution in [0.3, 0.4) is 0 Å². The van der Waals surface area contributed by atoms with Crippen LogP contribution in [0, 0.1) is 5.82 Å². The van der Waals surface area contributed by atoms with Crippen LogP contribution in [-0.2, 0) is 31.9 Å². The lowest BCUT2D eigenvalue weighted by Crippen LogP contribution is -2.63. The number of ether oxygens (including phenoxy) is 2. The van der Waals surface area contributed by atoms with E-state index in [-0.39, 0.29) is 36.0 Å². The van der Waals surface area contributed by atoms with Crippen molar-refractivity contribution in [2.75, 3.05) is 25.4 Å². The van der Waals surface area contributed by atoms with Crippen LogP contribution in [0.1, 0.15) is 49.9 Å². The minimum absolute atomic E-state index is 0.138. The van der Waals surface area contributed by atoms with Crippen molar-refractivity contribution in [3.8, 4) is 0 Å². The lowest BCUT2D eigenvalue weighted by molar-refractivity contribution is -0.151. The normalized spacial score (nSPS) is 27.8. The van der Waals surface area contributed by atoms with Crippen molar-refractivity contribution >= 4 is 23.2 Å². The molecule has 7 nitrogen and oxygen atoms in total. The van der Waals surface area contributed by atoms with Gasteiger partial charge in [-0.3, -0.25) is 9.69 Å². The summed E-state index contributed by atoms with van der Waals surface area (Å²) in [4.78, 5) is 30.4. The Bertz CT molecular complexity index is 1150. The van der Waals surface area contributed by atoms with Crippen LogP contribution in [0.15, 0.2) is 48.5 Å². The summed E-state index contributed by atoms with van der Waals surface area (Å²) in [5, 5.41) is -0.361. The van der Waals surface area contributed by atoms with E-state index in [4.69, 9.17) is 9.47 Å². The van der Waals surface area contributed by atoms with Crippen LogP contribution in [-0.4, -0.2) is 74.8 Å². The Kier molecular flexibility index (Phi) is 7.22. The molecule has 5 rings (SSSR count). The summed E-state index contributed by atoms with van der Waals surface area (Å²) in [6.45, 7) is 6.38. The van der Waals surface area contributed by atoms with Gasteiger partial charge < -0.3 is 18.9 Å². The molecule has 5 atom stereocenters. The van der Waals surface area contributed by atoms with Crippen molar-refractivity contribution in [3.63, 3.8) is 0 Å². The van der Waals surface area contributed by atoms with E-state index in [1.165, 1.54) is 12.1 Å². The zero-order valence-electron chi connectivity index (χ0n) is 21.4. The Balaban J connectivity index is 1.41. The van der Waals surface area contributed by atoms with E-state index in [9.17, 15) is 18.5 Å². The van der Waals surface area contributed by atoms with E-state index in [1.54, 1.807) is 21.9 Å². The van der Waals surface area contributed by atoms with Gasteiger partial charge in [-0.2, -0.15) is 0 Å². The third-order valence-corrected chi connectivity index (χ3v) is 8.98. The SMILES string of the molecule is CC(C)(C)OC(=O)N1CC[S@@+]([O-])C2CO[C@@H](C(=O)N3CCc4ccccc4[C@@H]3c3ccc(F)cc3)CC21. The zero-order chi connectivity index (χ0) is 26.3. The molecule has 0 bridgehead atoms. The van der Waals surface area contributed by atoms with Crippen LogP contribution in [0.25, 0.3) is 0 Å². The summed E-state index contributed by atoms with van der Waals surface area (Å²) in [6.07, 6.45) is -0.284. The van der Waals surface area contributed by atoms with Crippen molar-refractivity contribution in [2.24, 2.45) is 0 Å². The number of carbonyl (C=O) groups excluding carboxylic acids is 2. The fourth-order valence-corrected chi connectivity index (χ4v) is 7.08. The van der Waals surface area contributed by atoms with Gasteiger partial charge in [0.05, 0.1) is 25.2 Å². The van der Waals surface area contributed by atoms with Gasteiger partial charge in [0.1, 0.15) is 23.3 Å². The number of fused-ring (bicyclic) bond motifs is 2. The third-order valence-electron chi connectivity index (χ3n) is 7.27. The average molecular weight is 529 g/mol. The fourth-order valence-electron chi connectivity index (χ4n) is 5.56. The molecule has 3 aliphatic heterocycles. The van der Waals surface area contributed by atoms with E-state index in [0.29, 0.717) is 25.3 Å². The molecule has 37 heavy (non-hydrogen) atoms. The minimum Gasteiger partial charge on any atom is -0.616 e. The summed E-state index contributed by atoms with van der Waals surface area (Å²) >= 11 is -1.15. The second-order valence-corrected chi connectivity index (χ2v) is 12.6. The van der Waals surface area contributed by atoms with Crippen LogP contribution < -0.4 is 0 Å². The Hall–Kier alpha value is -2.62. The summed E-state index contributed by atoms with van der Waals surface area (Å²) < 4.78 is 38.2. The third kappa shape index (κ3) is 5.35. The van der Waals surface area contributed by atoms with Crippen molar-refractivity contribution in [1.29, 1.82) is 0 Å². The summed E-state index contributed by atoms with van der Waals surface area (Å²) in [5.41, 5.74) is 2.33. The molecule has 0 N–H and O–H groups in total. The molecule has 2 amide bonds. The first-order valence-corrected chi connectivity index (χ1v) is 14.1. The molecule has 0 spiro atoms. The summed E-state index contributed by atoms with van der Waals surface area (Å²) in [7, 11) is 0. The number of rotatable bonds is 2. The second kappa shape index (κ2) is 10.3. The van der Waals surface area contributed by atoms with Gasteiger partial charge in [0.2, 0.25) is 0 Å². The van der Waals surface area contributed by atoms with Crippen molar-refractivity contribution in [3.05, 3.63) is 71.0 Å². The number of hydrogen-bond donors (Lipinski definition) is 0. The topological polar surface area (TPSA) is 82.1 Å². The Labute approximate surface area is 220 Å². The standard InChI is InChI=1S/C28H33FN2O5S/c1-28(2,3)36-27(33)30-14-15-37(34)24-17-35-23(16-22(24)30)26(32)31-13-12-18-6-4-5-7-21(18)25(31)19-8-10-20(29)11-9-19/h4-11,22-25H,12-17H2,1-3H3/t22?,23-,24?,25+,37-/m1/s1. The van der Waals surface area contributed by atoms with E-state index >= 15 is 0 Å². The molecule has 9 heteroatoms. The highest BCUT2D eigenvalue weighted by molar-refractivity contribution is 7.92. The van der Waals surface area contributed by atoms with E-state index < -0.39 is 35.0 Å². The molecule has 198 valence electrons. The first-order chi connectivity index (χ1) is 17.6. The first kappa shape index (κ1) is 26.0. The monoisotopic (exact) mass is 528 g/mol. The molecular weight excluding hydrogens is 495 g/mol. The Morgan fingerprint density at radius 2 is 1.81 bits per heavy atom. The highest BCUT2D eigenvalue weighted by Crippen LogP contribution is 2.38. The van der Waals surface area contributed by atoms with E-state index in [1.807, 2.05) is 39.0 Å². The molecule has 2 aromatic carbocycles. The molecule has 3 aliphatic rings. The second-order valence-electron chi connectivity index (χ2n) is 10.9. The number of amides is 2. The predicted octanol–water partition coefficient (Wildman–Crippen LogP) is 3.83. The Morgan fingerprint density at radius 1 is 1.08 bits per heavy atom. The average Bonchev–Trinajstić information content (AvgIpc) is 2.87. The smallest absolute Gasteiger partial charge is 0.410 e. The minimum atomic E-state index is -1.15. The van der Waals surface area contributed by atoms with E-state index in [0.717, 1.165) is 16.7 Å². The van der Waals surface area contributed by atoms with Gasteiger partial charge in [0, 0.05) is 13.0 Å². The predicted molar refractivity (Wildman–Crippen MR) is 138 cm³/mol. The van der Waals surface area contributed by atoms with E-state index in [2.05, 4.69) is 6.07 Å². The number of hydrogen-bond acceptors (Lipinski definition) is 5. The van der Waals surface area contributed by atoms with Crippen molar-refractivity contribution < 1.29 is 28.0 Å². The van der Waals surface area contributed by atoms with Gasteiger partial charge in [-0.25, -0.2) is 9.18 Å². The summed E-state index contributed by atoms with van der Waals surface area (Å²) in [5.74, 6) is -0.152. The molecule has 2 saturated heterocycles. The maximum Gasteiger partial charge on any atom is 0.410 e. The molecule has 0 saturated carbocycles. The van der Waals surface area contributed by atoms with Crippen LogP contribution >= 0.6 is 0 Å². The maximum absolute atomic E-state index is 14.0. The van der Waals surface area contributed by atoms with Crippen molar-refractivity contribution in [1.82, 2.24) is 9.80 Å². The number of halogens is 1. The van der Waals surface area contributed by atoms with Gasteiger partial charge >= 0.3 is 6.09 Å². The molecule has 0 radical (unpaired) electrons. The number of carbonyl (C=O) groups is 2. The molecule has 0 aromatic heterocycles. The molecule has 0 aliphatic carbocycles. The maximum atomic E-state index is 14.0. The Morgan fingerprint density at radius 3 is 2.54 bits per heavy atom. The first-order valence-electron chi connectivity index (χ1n) is 12.7. The van der Waals surface area contributed by atoms with Crippen LogP contribution in [0.2, 0.25) is 0 Å². The molecule has 2 fully saturated rings. The quantitative estimate of drug-likeness (QED) is 0.554. The van der Waals surface area contributed by atoms with Crippen LogP contribution in [0.5, 0.6) is 0 Å². The summed E-state index contributed by atoms with van der Waals surface area (Å²) in [6, 6.07) is 13.5. The lowest BCUT2D eigenvalue weighted by Gasteiger charge is -2.46. The zero-order valence-corrected chi connectivity index (χ0v) is 22.2. The largest absolute Gasteiger partial charge is 0.616 e. The van der Waals surface area contributed by atoms with Gasteiger partial charge in [0.25, 0.3) is 5.91 Å². The fraction of sp³-hybridized carbons (Fsp3) is 0.500. The lowest BCUT2D eigenvalue weighted by atomic mass is 9.87.